The van der Waals surface area contributed by atoms with Crippen LogP contribution in [-0.4, -0.2) is 42.4 Å². The van der Waals surface area contributed by atoms with Crippen molar-refractivity contribution in [3.05, 3.63) is 76.4 Å². The number of ether oxygens (including phenoxy) is 1. The Kier molecular flexibility index (Phi) is 7.68. The number of fused-ring (bicyclic) bond motifs is 1. The van der Waals surface area contributed by atoms with E-state index in [0.717, 1.165) is 28.7 Å². The van der Waals surface area contributed by atoms with Crippen LogP contribution < -0.4 is 4.74 Å². The Bertz CT molecular complexity index is 1370. The Hall–Kier alpha value is -2.94. The van der Waals surface area contributed by atoms with Crippen molar-refractivity contribution in [3.63, 3.8) is 0 Å². The first-order chi connectivity index (χ1) is 17.1. The van der Waals surface area contributed by atoms with Crippen molar-refractivity contribution in [3.8, 4) is 16.9 Å². The number of hydrogen-bond donors (Lipinski definition) is 1. The number of halogens is 1. The minimum atomic E-state index is -3.91. The largest absolute Gasteiger partial charge is 0.482 e. The van der Waals surface area contributed by atoms with Gasteiger partial charge in [0.1, 0.15) is 5.75 Å². The SMILES string of the molecule is CC(C)c1cccc(-c2ccc(S(=O)(=O)N(C)C3CCCc4c(OCC(=O)O)cc(Cl)cc43)nc2)c1. The molecule has 9 heteroatoms. The summed E-state index contributed by atoms with van der Waals surface area (Å²) in [6, 6.07) is 14.3. The van der Waals surface area contributed by atoms with Crippen LogP contribution in [0.25, 0.3) is 11.1 Å². The molecule has 1 aromatic heterocycles. The predicted octanol–water partition coefficient (Wildman–Crippen LogP) is 5.69. The van der Waals surface area contributed by atoms with Crippen molar-refractivity contribution in [2.45, 2.75) is 50.1 Å². The minimum absolute atomic E-state index is 0.0368. The molecule has 0 fully saturated rings. The smallest absolute Gasteiger partial charge is 0.341 e. The second kappa shape index (κ2) is 10.6. The van der Waals surface area contributed by atoms with Crippen molar-refractivity contribution < 1.29 is 23.1 Å². The zero-order valence-electron chi connectivity index (χ0n) is 20.4. The number of nitrogens with zero attached hydrogens (tertiary/aromatic N) is 2. The molecule has 190 valence electrons. The van der Waals surface area contributed by atoms with E-state index in [0.29, 0.717) is 29.5 Å². The highest BCUT2D eigenvalue weighted by Gasteiger charge is 2.34. The first kappa shape index (κ1) is 26.1. The minimum Gasteiger partial charge on any atom is -0.482 e. The van der Waals surface area contributed by atoms with Crippen LogP contribution in [0, 0.1) is 0 Å². The molecule has 7 nitrogen and oxygen atoms in total. The molecule has 1 aliphatic rings. The molecule has 0 saturated carbocycles. The van der Waals surface area contributed by atoms with Crippen LogP contribution in [-0.2, 0) is 21.2 Å². The molecule has 3 aromatic rings. The summed E-state index contributed by atoms with van der Waals surface area (Å²) >= 11 is 6.30. The molecule has 0 bridgehead atoms. The van der Waals surface area contributed by atoms with E-state index >= 15 is 0 Å². The van der Waals surface area contributed by atoms with Gasteiger partial charge >= 0.3 is 5.97 Å². The van der Waals surface area contributed by atoms with Crippen molar-refractivity contribution >= 4 is 27.6 Å². The Morgan fingerprint density at radius 1 is 1.19 bits per heavy atom. The third-order valence-corrected chi connectivity index (χ3v) is 8.53. The first-order valence-electron chi connectivity index (χ1n) is 11.8. The predicted molar refractivity (Wildman–Crippen MR) is 139 cm³/mol. The van der Waals surface area contributed by atoms with E-state index in [1.807, 2.05) is 12.1 Å². The van der Waals surface area contributed by atoms with Gasteiger partial charge in [-0.2, -0.15) is 4.31 Å². The van der Waals surface area contributed by atoms with Crippen LogP contribution in [0.1, 0.15) is 55.3 Å². The van der Waals surface area contributed by atoms with Gasteiger partial charge in [-0.25, -0.2) is 18.2 Å². The van der Waals surface area contributed by atoms with Gasteiger partial charge in [0.05, 0.1) is 6.04 Å². The first-order valence-corrected chi connectivity index (χ1v) is 13.6. The number of benzene rings is 2. The number of carbonyl (C=O) groups is 1. The van der Waals surface area contributed by atoms with Crippen molar-refractivity contribution in [2.75, 3.05) is 13.7 Å². The summed E-state index contributed by atoms with van der Waals surface area (Å²) in [4.78, 5) is 15.3. The molecule has 4 rings (SSSR count). The number of carboxylic acids is 1. The Morgan fingerprint density at radius 2 is 1.97 bits per heavy atom. The maximum atomic E-state index is 13.5. The second-order valence-electron chi connectivity index (χ2n) is 9.25. The van der Waals surface area contributed by atoms with E-state index < -0.39 is 28.6 Å². The molecule has 2 aromatic carbocycles. The lowest BCUT2D eigenvalue weighted by molar-refractivity contribution is -0.139. The Labute approximate surface area is 216 Å². The fraction of sp³-hybridized carbons (Fsp3) is 0.333. The number of pyridine rings is 1. The number of aliphatic carboxylic acids is 1. The third kappa shape index (κ3) is 5.40. The standard InChI is InChI=1S/C27H29ClN2O5S/c1-17(2)18-6-4-7-19(12-18)20-10-11-26(29-15-20)36(33,34)30(3)24-9-5-8-22-23(24)13-21(28)14-25(22)35-16-27(31)32/h4,6-7,10-15,17,24H,5,8-9,16H2,1-3H3,(H,31,32). The van der Waals surface area contributed by atoms with Gasteiger partial charge in [-0.15, -0.1) is 0 Å². The molecule has 1 aliphatic carbocycles. The van der Waals surface area contributed by atoms with Crippen molar-refractivity contribution in [1.29, 1.82) is 0 Å². The molecule has 1 heterocycles. The van der Waals surface area contributed by atoms with Gasteiger partial charge in [-0.05, 0) is 71.7 Å². The topological polar surface area (TPSA) is 96.8 Å². The molecule has 0 radical (unpaired) electrons. The van der Waals surface area contributed by atoms with Crippen LogP contribution in [0.3, 0.4) is 0 Å². The summed E-state index contributed by atoms with van der Waals surface area (Å²) < 4.78 is 33.9. The van der Waals surface area contributed by atoms with Gasteiger partial charge in [0.25, 0.3) is 10.0 Å². The molecule has 1 unspecified atom stereocenters. The zero-order chi connectivity index (χ0) is 26.0. The summed E-state index contributed by atoms with van der Waals surface area (Å²) in [5, 5.41) is 9.32. The van der Waals surface area contributed by atoms with E-state index in [9.17, 15) is 13.2 Å². The number of carboxylic acid groups (broad SMARTS) is 1. The number of aromatic nitrogens is 1. The average molecular weight is 529 g/mol. The fourth-order valence-corrected chi connectivity index (χ4v) is 6.06. The van der Waals surface area contributed by atoms with Crippen molar-refractivity contribution in [1.82, 2.24) is 9.29 Å². The van der Waals surface area contributed by atoms with Gasteiger partial charge in [-0.3, -0.25) is 0 Å². The average Bonchev–Trinajstić information content (AvgIpc) is 2.86. The van der Waals surface area contributed by atoms with E-state index in [2.05, 4.69) is 31.0 Å². The molecule has 0 saturated heterocycles. The Balaban J connectivity index is 1.63. The maximum Gasteiger partial charge on any atom is 0.341 e. The lowest BCUT2D eigenvalue weighted by Crippen LogP contribution is -2.34. The quantitative estimate of drug-likeness (QED) is 0.403. The molecule has 0 spiro atoms. The summed E-state index contributed by atoms with van der Waals surface area (Å²) in [5.41, 5.74) is 4.53. The van der Waals surface area contributed by atoms with Crippen LogP contribution in [0.15, 0.2) is 59.8 Å². The molecule has 0 amide bonds. The normalized spacial score (nSPS) is 15.7. The summed E-state index contributed by atoms with van der Waals surface area (Å²) in [6.45, 7) is 3.75. The molecule has 1 atom stereocenters. The van der Waals surface area contributed by atoms with Gasteiger partial charge in [0.15, 0.2) is 11.6 Å². The molecular weight excluding hydrogens is 500 g/mol. The monoisotopic (exact) mass is 528 g/mol. The fourth-order valence-electron chi connectivity index (χ4n) is 4.57. The van der Waals surface area contributed by atoms with Crippen LogP contribution in [0.4, 0.5) is 0 Å². The summed E-state index contributed by atoms with van der Waals surface area (Å²) in [7, 11) is -2.37. The second-order valence-corrected chi connectivity index (χ2v) is 11.6. The van der Waals surface area contributed by atoms with Gasteiger partial charge < -0.3 is 9.84 Å². The number of rotatable bonds is 8. The molecule has 36 heavy (non-hydrogen) atoms. The Morgan fingerprint density at radius 3 is 2.64 bits per heavy atom. The van der Waals surface area contributed by atoms with Gasteiger partial charge in [-0.1, -0.05) is 49.7 Å². The van der Waals surface area contributed by atoms with Gasteiger partial charge in [0, 0.05) is 23.8 Å². The number of hydrogen-bond acceptors (Lipinski definition) is 5. The highest BCUT2D eigenvalue weighted by molar-refractivity contribution is 7.89. The zero-order valence-corrected chi connectivity index (χ0v) is 22.0. The maximum absolute atomic E-state index is 13.5. The lowest BCUT2D eigenvalue weighted by atomic mass is 9.87. The van der Waals surface area contributed by atoms with Crippen molar-refractivity contribution in [2.24, 2.45) is 0 Å². The summed E-state index contributed by atoms with van der Waals surface area (Å²) in [5.74, 6) is -0.337. The van der Waals surface area contributed by atoms with E-state index in [1.165, 1.54) is 23.0 Å². The summed E-state index contributed by atoms with van der Waals surface area (Å²) in [6.07, 6.45) is 3.56. The van der Waals surface area contributed by atoms with E-state index in [1.54, 1.807) is 24.4 Å². The highest BCUT2D eigenvalue weighted by atomic mass is 35.5. The molecular formula is C27H29ClN2O5S. The van der Waals surface area contributed by atoms with E-state index in [-0.39, 0.29) is 5.03 Å². The number of sulfonamides is 1. The van der Waals surface area contributed by atoms with E-state index in [4.69, 9.17) is 21.4 Å². The van der Waals surface area contributed by atoms with Crippen LogP contribution in [0.2, 0.25) is 5.02 Å². The third-order valence-electron chi connectivity index (χ3n) is 6.53. The van der Waals surface area contributed by atoms with Gasteiger partial charge in [0.2, 0.25) is 0 Å². The highest BCUT2D eigenvalue weighted by Crippen LogP contribution is 2.41. The van der Waals surface area contributed by atoms with Crippen LogP contribution >= 0.6 is 11.6 Å². The molecule has 1 N–H and O–H groups in total. The van der Waals surface area contributed by atoms with Crippen LogP contribution in [0.5, 0.6) is 5.75 Å². The molecule has 0 aliphatic heterocycles. The lowest BCUT2D eigenvalue weighted by Gasteiger charge is -2.33.